The molecular formula is C22H24N4O. The van der Waals surface area contributed by atoms with E-state index in [0.29, 0.717) is 24.6 Å². The lowest BCUT2D eigenvalue weighted by atomic mass is 10.1. The number of hydrogen-bond donors (Lipinski definition) is 1. The van der Waals surface area contributed by atoms with Gasteiger partial charge in [0, 0.05) is 19.6 Å². The number of carbonyl (C=O) groups is 1. The molecule has 5 nitrogen and oxygen atoms in total. The molecule has 0 unspecified atom stereocenters. The van der Waals surface area contributed by atoms with Crippen molar-refractivity contribution in [2.24, 2.45) is 0 Å². The van der Waals surface area contributed by atoms with Crippen LogP contribution in [-0.4, -0.2) is 33.9 Å². The van der Waals surface area contributed by atoms with Gasteiger partial charge in [-0.2, -0.15) is 0 Å². The summed E-state index contributed by atoms with van der Waals surface area (Å²) in [6.07, 6.45) is 4.07. The van der Waals surface area contributed by atoms with Crippen LogP contribution >= 0.6 is 0 Å². The Morgan fingerprint density at radius 1 is 0.926 bits per heavy atom. The second kappa shape index (κ2) is 9.48. The molecule has 0 bridgehead atoms. The minimum absolute atomic E-state index is 0.107. The summed E-state index contributed by atoms with van der Waals surface area (Å²) in [6.45, 7) is 3.91. The van der Waals surface area contributed by atoms with Gasteiger partial charge in [0.15, 0.2) is 0 Å². The first-order chi connectivity index (χ1) is 13.3. The zero-order chi connectivity index (χ0) is 18.9. The van der Waals surface area contributed by atoms with Crippen molar-refractivity contribution < 1.29 is 4.79 Å². The molecule has 138 valence electrons. The lowest BCUT2D eigenvalue weighted by Crippen LogP contribution is -2.31. The lowest BCUT2D eigenvalue weighted by molar-refractivity contribution is 0.0746. The van der Waals surface area contributed by atoms with Gasteiger partial charge in [-0.25, -0.2) is 9.97 Å². The number of carbonyl (C=O) groups excluding carboxylic acids is 1. The van der Waals surface area contributed by atoms with Crippen molar-refractivity contribution in [3.63, 3.8) is 0 Å². The second-order valence-electron chi connectivity index (χ2n) is 6.25. The van der Waals surface area contributed by atoms with Gasteiger partial charge in [0.05, 0.1) is 12.4 Å². The third-order valence-corrected chi connectivity index (χ3v) is 4.32. The highest BCUT2D eigenvalue weighted by Crippen LogP contribution is 2.09. The number of amides is 1. The van der Waals surface area contributed by atoms with Crippen LogP contribution in [0.3, 0.4) is 0 Å². The van der Waals surface area contributed by atoms with Crippen molar-refractivity contribution in [1.82, 2.24) is 14.9 Å². The number of hydrogen-bond acceptors (Lipinski definition) is 4. The first-order valence-corrected chi connectivity index (χ1v) is 9.19. The van der Waals surface area contributed by atoms with E-state index >= 15 is 0 Å². The Morgan fingerprint density at radius 2 is 1.59 bits per heavy atom. The molecule has 0 aliphatic carbocycles. The van der Waals surface area contributed by atoms with Crippen LogP contribution in [0.5, 0.6) is 0 Å². The maximum atomic E-state index is 12.7. The Kier molecular flexibility index (Phi) is 6.52. The summed E-state index contributed by atoms with van der Waals surface area (Å²) in [5.74, 6) is 0.568. The predicted octanol–water partition coefficient (Wildman–Crippen LogP) is 3.79. The molecule has 3 aromatic rings. The highest BCUT2D eigenvalue weighted by Gasteiger charge is 2.16. The summed E-state index contributed by atoms with van der Waals surface area (Å²) in [4.78, 5) is 23.1. The van der Waals surface area contributed by atoms with Gasteiger partial charge in [0.1, 0.15) is 11.5 Å². The van der Waals surface area contributed by atoms with Crippen molar-refractivity contribution in [2.75, 3.05) is 18.4 Å². The average Bonchev–Trinajstić information content (AvgIpc) is 2.73. The van der Waals surface area contributed by atoms with E-state index in [1.807, 2.05) is 55.5 Å². The quantitative estimate of drug-likeness (QED) is 0.664. The Bertz CT molecular complexity index is 835. The molecule has 3 rings (SSSR count). The van der Waals surface area contributed by atoms with Gasteiger partial charge in [-0.3, -0.25) is 4.79 Å². The van der Waals surface area contributed by atoms with E-state index in [-0.39, 0.29) is 5.91 Å². The summed E-state index contributed by atoms with van der Waals surface area (Å²) in [5.41, 5.74) is 2.73. The van der Waals surface area contributed by atoms with Gasteiger partial charge in [-0.05, 0) is 24.5 Å². The fourth-order valence-electron chi connectivity index (χ4n) is 2.80. The highest BCUT2D eigenvalue weighted by atomic mass is 16.2. The van der Waals surface area contributed by atoms with E-state index in [0.717, 1.165) is 18.5 Å². The molecule has 1 amide bonds. The van der Waals surface area contributed by atoms with Gasteiger partial charge in [0.2, 0.25) is 0 Å². The molecule has 0 spiro atoms. The Labute approximate surface area is 160 Å². The molecule has 0 fully saturated rings. The number of nitrogens with one attached hydrogen (secondary N) is 1. The molecule has 5 heteroatoms. The molecule has 0 radical (unpaired) electrons. The van der Waals surface area contributed by atoms with Gasteiger partial charge in [-0.15, -0.1) is 0 Å². The molecule has 2 aromatic carbocycles. The van der Waals surface area contributed by atoms with Crippen LogP contribution in [0.4, 0.5) is 5.82 Å². The van der Waals surface area contributed by atoms with Crippen molar-refractivity contribution in [1.29, 1.82) is 0 Å². The summed E-state index contributed by atoms with van der Waals surface area (Å²) >= 11 is 0. The van der Waals surface area contributed by atoms with Gasteiger partial charge >= 0.3 is 0 Å². The van der Waals surface area contributed by atoms with Crippen molar-refractivity contribution in [2.45, 2.75) is 19.9 Å². The van der Waals surface area contributed by atoms with Crippen LogP contribution in [0.25, 0.3) is 0 Å². The molecule has 27 heavy (non-hydrogen) atoms. The number of anilines is 1. The molecule has 0 saturated heterocycles. The first-order valence-electron chi connectivity index (χ1n) is 9.19. The molecule has 1 aromatic heterocycles. The molecule has 0 atom stereocenters. The van der Waals surface area contributed by atoms with Crippen LogP contribution in [0.2, 0.25) is 0 Å². The molecule has 1 heterocycles. The van der Waals surface area contributed by atoms with Crippen molar-refractivity contribution >= 4 is 11.7 Å². The Hall–Kier alpha value is -3.21. The zero-order valence-electron chi connectivity index (χ0n) is 15.5. The fraction of sp³-hybridized carbons (Fsp3) is 0.227. The monoisotopic (exact) mass is 360 g/mol. The molecule has 0 saturated carbocycles. The van der Waals surface area contributed by atoms with Crippen LogP contribution in [0.15, 0.2) is 73.1 Å². The van der Waals surface area contributed by atoms with Crippen LogP contribution in [-0.2, 0) is 13.0 Å². The predicted molar refractivity (Wildman–Crippen MR) is 108 cm³/mol. The largest absolute Gasteiger partial charge is 0.368 e. The van der Waals surface area contributed by atoms with Gasteiger partial charge < -0.3 is 10.2 Å². The van der Waals surface area contributed by atoms with E-state index in [1.165, 1.54) is 5.56 Å². The van der Waals surface area contributed by atoms with Crippen LogP contribution in [0, 0.1) is 0 Å². The van der Waals surface area contributed by atoms with Crippen molar-refractivity contribution in [3.05, 3.63) is 89.9 Å². The maximum Gasteiger partial charge on any atom is 0.274 e. The summed E-state index contributed by atoms with van der Waals surface area (Å²) in [6, 6.07) is 20.2. The fourth-order valence-corrected chi connectivity index (χ4v) is 2.80. The lowest BCUT2D eigenvalue weighted by Gasteiger charge is -2.20. The number of rotatable bonds is 8. The SMILES string of the molecule is CCN(Cc1ccccc1)C(=O)c1cnc(NCCc2ccccc2)cn1. The molecule has 0 aliphatic rings. The number of benzene rings is 2. The van der Waals surface area contributed by atoms with Gasteiger partial charge in [0.25, 0.3) is 5.91 Å². The molecular weight excluding hydrogens is 336 g/mol. The normalized spacial score (nSPS) is 10.4. The smallest absolute Gasteiger partial charge is 0.274 e. The number of nitrogens with zero attached hydrogens (tertiary/aromatic N) is 3. The van der Waals surface area contributed by atoms with Crippen LogP contribution < -0.4 is 5.32 Å². The maximum absolute atomic E-state index is 12.7. The third-order valence-electron chi connectivity index (χ3n) is 4.32. The summed E-state index contributed by atoms with van der Waals surface area (Å²) in [5, 5.41) is 3.24. The zero-order valence-corrected chi connectivity index (χ0v) is 15.5. The third kappa shape index (κ3) is 5.38. The van der Waals surface area contributed by atoms with Gasteiger partial charge in [-0.1, -0.05) is 60.7 Å². The van der Waals surface area contributed by atoms with Crippen LogP contribution in [0.1, 0.15) is 28.5 Å². The van der Waals surface area contributed by atoms with Crippen molar-refractivity contribution in [3.8, 4) is 0 Å². The van der Waals surface area contributed by atoms with E-state index in [2.05, 4.69) is 27.4 Å². The van der Waals surface area contributed by atoms with E-state index in [4.69, 9.17) is 0 Å². The molecule has 1 N–H and O–H groups in total. The van der Waals surface area contributed by atoms with E-state index in [1.54, 1.807) is 17.3 Å². The standard InChI is InChI=1S/C22H24N4O/c1-2-26(17-19-11-7-4-8-12-19)22(27)20-15-25-21(16-24-20)23-14-13-18-9-5-3-6-10-18/h3-12,15-16H,2,13-14,17H2,1H3,(H,23,25). The Morgan fingerprint density at radius 3 is 2.19 bits per heavy atom. The topological polar surface area (TPSA) is 58.1 Å². The van der Waals surface area contributed by atoms with E-state index in [9.17, 15) is 4.79 Å². The molecule has 0 aliphatic heterocycles. The Balaban J connectivity index is 1.56. The number of aromatic nitrogens is 2. The minimum atomic E-state index is -0.107. The minimum Gasteiger partial charge on any atom is -0.368 e. The first kappa shape index (κ1) is 18.6. The summed E-state index contributed by atoms with van der Waals surface area (Å²) < 4.78 is 0. The highest BCUT2D eigenvalue weighted by molar-refractivity contribution is 5.92. The second-order valence-corrected chi connectivity index (χ2v) is 6.25. The van der Waals surface area contributed by atoms with E-state index < -0.39 is 0 Å². The summed E-state index contributed by atoms with van der Waals surface area (Å²) in [7, 11) is 0. The average molecular weight is 360 g/mol.